The topological polar surface area (TPSA) is 67.3 Å². The summed E-state index contributed by atoms with van der Waals surface area (Å²) in [4.78, 5) is 18.4. The summed E-state index contributed by atoms with van der Waals surface area (Å²) >= 11 is 3.26. The Morgan fingerprint density at radius 2 is 2.29 bits per heavy atom. The van der Waals surface area contributed by atoms with Gasteiger partial charge >= 0.3 is 0 Å². The van der Waals surface area contributed by atoms with Crippen molar-refractivity contribution in [3.05, 3.63) is 28.5 Å². The van der Waals surface area contributed by atoms with Crippen molar-refractivity contribution in [2.75, 3.05) is 18.1 Å². The summed E-state index contributed by atoms with van der Waals surface area (Å²) in [7, 11) is -3.00. The first-order valence-electron chi connectivity index (χ1n) is 7.06. The largest absolute Gasteiger partial charge is 0.335 e. The van der Waals surface area contributed by atoms with Gasteiger partial charge < -0.3 is 4.90 Å². The van der Waals surface area contributed by atoms with Crippen LogP contribution in [0.5, 0.6) is 0 Å². The molecule has 0 spiro atoms. The third kappa shape index (κ3) is 4.26. The quantitative estimate of drug-likeness (QED) is 0.741. The van der Waals surface area contributed by atoms with Gasteiger partial charge in [-0.1, -0.05) is 13.3 Å². The number of aromatic nitrogens is 1. The van der Waals surface area contributed by atoms with Crippen LogP contribution in [0.3, 0.4) is 0 Å². The summed E-state index contributed by atoms with van der Waals surface area (Å²) in [6.45, 7) is 2.65. The highest BCUT2D eigenvalue weighted by Gasteiger charge is 2.34. The molecule has 7 heteroatoms. The van der Waals surface area contributed by atoms with E-state index in [1.54, 1.807) is 23.2 Å². The van der Waals surface area contributed by atoms with Gasteiger partial charge in [0, 0.05) is 24.3 Å². The zero-order chi connectivity index (χ0) is 15.5. The van der Waals surface area contributed by atoms with Crippen LogP contribution >= 0.6 is 15.9 Å². The fourth-order valence-electron chi connectivity index (χ4n) is 2.50. The Morgan fingerprint density at radius 1 is 1.52 bits per heavy atom. The van der Waals surface area contributed by atoms with E-state index < -0.39 is 9.84 Å². The van der Waals surface area contributed by atoms with Crippen LogP contribution in [0.1, 0.15) is 36.5 Å². The van der Waals surface area contributed by atoms with Gasteiger partial charge in [0.2, 0.25) is 0 Å². The van der Waals surface area contributed by atoms with Gasteiger partial charge in [0.25, 0.3) is 5.91 Å². The van der Waals surface area contributed by atoms with Crippen molar-refractivity contribution < 1.29 is 13.2 Å². The average Bonchev–Trinajstić information content (AvgIpc) is 2.79. The van der Waals surface area contributed by atoms with Crippen molar-refractivity contribution in [2.45, 2.75) is 32.2 Å². The molecule has 1 unspecified atom stereocenters. The highest BCUT2D eigenvalue weighted by atomic mass is 79.9. The fourth-order valence-corrected chi connectivity index (χ4v) is 4.60. The van der Waals surface area contributed by atoms with Gasteiger partial charge in [0.1, 0.15) is 4.60 Å². The summed E-state index contributed by atoms with van der Waals surface area (Å²) in [5, 5.41) is 0. The first-order valence-corrected chi connectivity index (χ1v) is 9.67. The molecule has 0 radical (unpaired) electrons. The molecule has 1 aliphatic rings. The van der Waals surface area contributed by atoms with E-state index in [0.717, 1.165) is 12.8 Å². The van der Waals surface area contributed by atoms with E-state index in [2.05, 4.69) is 27.8 Å². The molecule has 5 nitrogen and oxygen atoms in total. The monoisotopic (exact) mass is 374 g/mol. The third-order valence-electron chi connectivity index (χ3n) is 3.64. The molecule has 0 bridgehead atoms. The predicted octanol–water partition coefficient (Wildman–Crippen LogP) is 2.27. The molecule has 1 aromatic rings. The van der Waals surface area contributed by atoms with Crippen LogP contribution in [-0.4, -0.2) is 48.3 Å². The molecular weight excluding hydrogens is 356 g/mol. The van der Waals surface area contributed by atoms with Gasteiger partial charge in [-0.05, 0) is 40.9 Å². The molecule has 0 aromatic carbocycles. The van der Waals surface area contributed by atoms with Crippen LogP contribution in [0.15, 0.2) is 22.9 Å². The highest BCUT2D eigenvalue weighted by molar-refractivity contribution is 9.10. The maximum Gasteiger partial charge on any atom is 0.254 e. The van der Waals surface area contributed by atoms with Gasteiger partial charge in [-0.3, -0.25) is 4.79 Å². The number of carbonyl (C=O) groups excluding carboxylic acids is 1. The second-order valence-corrected chi connectivity index (χ2v) is 8.32. The van der Waals surface area contributed by atoms with Crippen molar-refractivity contribution in [1.82, 2.24) is 9.88 Å². The number of rotatable bonds is 5. The molecule has 21 heavy (non-hydrogen) atoms. The van der Waals surface area contributed by atoms with Crippen LogP contribution in [0.4, 0.5) is 0 Å². The molecule has 0 N–H and O–H groups in total. The van der Waals surface area contributed by atoms with Crippen molar-refractivity contribution in [3.8, 4) is 0 Å². The minimum atomic E-state index is -3.00. The van der Waals surface area contributed by atoms with Crippen LogP contribution in [0.25, 0.3) is 0 Å². The Bertz CT molecular complexity index is 618. The molecule has 1 atom stereocenters. The molecule has 1 amide bonds. The van der Waals surface area contributed by atoms with Crippen molar-refractivity contribution in [2.24, 2.45) is 0 Å². The average molecular weight is 375 g/mol. The predicted molar refractivity (Wildman–Crippen MR) is 84.9 cm³/mol. The lowest BCUT2D eigenvalue weighted by molar-refractivity contribution is 0.0694. The molecule has 1 saturated heterocycles. The number of hydrogen-bond acceptors (Lipinski definition) is 4. The second-order valence-electron chi connectivity index (χ2n) is 5.28. The first-order chi connectivity index (χ1) is 9.93. The Hall–Kier alpha value is -0.950. The van der Waals surface area contributed by atoms with Gasteiger partial charge in [-0.15, -0.1) is 0 Å². The molecule has 1 aromatic heterocycles. The van der Waals surface area contributed by atoms with Gasteiger partial charge in [-0.25, -0.2) is 13.4 Å². The molecule has 2 rings (SSSR count). The minimum absolute atomic E-state index is 0.0781. The maximum atomic E-state index is 12.7. The van der Waals surface area contributed by atoms with Crippen molar-refractivity contribution in [1.29, 1.82) is 0 Å². The smallest absolute Gasteiger partial charge is 0.254 e. The number of hydrogen-bond donors (Lipinski definition) is 0. The maximum absolute atomic E-state index is 12.7. The standard InChI is InChI=1S/C14H19BrN2O3S/c1-2-3-7-17(12-5-8-21(19,20)10-12)14(18)11-4-6-16-13(15)9-11/h4,6,9,12H,2-3,5,7-8,10H2,1H3. The summed E-state index contributed by atoms with van der Waals surface area (Å²) in [6, 6.07) is 3.13. The molecule has 0 saturated carbocycles. The van der Waals surface area contributed by atoms with E-state index in [-0.39, 0.29) is 23.5 Å². The lowest BCUT2D eigenvalue weighted by Crippen LogP contribution is -2.41. The zero-order valence-corrected chi connectivity index (χ0v) is 14.4. The Morgan fingerprint density at radius 3 is 2.86 bits per heavy atom. The third-order valence-corrected chi connectivity index (χ3v) is 5.82. The molecular formula is C14H19BrN2O3S. The van der Waals surface area contributed by atoms with Crippen LogP contribution in [-0.2, 0) is 9.84 Å². The summed E-state index contributed by atoms with van der Waals surface area (Å²) in [5.74, 6) is 0.135. The molecule has 116 valence electrons. The number of amides is 1. The second kappa shape index (κ2) is 6.87. The van der Waals surface area contributed by atoms with Crippen molar-refractivity contribution in [3.63, 3.8) is 0 Å². The normalized spacial score (nSPS) is 20.4. The number of sulfone groups is 1. The van der Waals surface area contributed by atoms with Gasteiger partial charge in [0.15, 0.2) is 9.84 Å². The summed E-state index contributed by atoms with van der Waals surface area (Å²) < 4.78 is 24.0. The molecule has 1 fully saturated rings. The number of pyridine rings is 1. The summed E-state index contributed by atoms with van der Waals surface area (Å²) in [5.41, 5.74) is 0.539. The molecule has 1 aliphatic heterocycles. The van der Waals surface area contributed by atoms with Crippen LogP contribution in [0, 0.1) is 0 Å². The SMILES string of the molecule is CCCCN(C(=O)c1ccnc(Br)c1)C1CCS(=O)(=O)C1. The Balaban J connectivity index is 2.21. The molecule has 2 heterocycles. The number of unbranched alkanes of at least 4 members (excludes halogenated alkanes) is 1. The number of carbonyl (C=O) groups is 1. The lowest BCUT2D eigenvalue weighted by Gasteiger charge is -2.28. The van der Waals surface area contributed by atoms with Crippen LogP contribution in [0.2, 0.25) is 0 Å². The van der Waals surface area contributed by atoms with E-state index in [0.29, 0.717) is 23.1 Å². The fraction of sp³-hybridized carbons (Fsp3) is 0.571. The van der Waals surface area contributed by atoms with E-state index in [4.69, 9.17) is 0 Å². The van der Waals surface area contributed by atoms with Gasteiger partial charge in [-0.2, -0.15) is 0 Å². The number of nitrogens with zero attached hydrogens (tertiary/aromatic N) is 2. The van der Waals surface area contributed by atoms with E-state index in [1.807, 2.05) is 0 Å². The Labute approximate surface area is 133 Å². The first kappa shape index (κ1) is 16.4. The summed E-state index contributed by atoms with van der Waals surface area (Å²) in [6.07, 6.45) is 3.93. The van der Waals surface area contributed by atoms with Gasteiger partial charge in [0.05, 0.1) is 11.5 Å². The van der Waals surface area contributed by atoms with E-state index in [1.165, 1.54) is 0 Å². The lowest BCUT2D eigenvalue weighted by atomic mass is 10.1. The zero-order valence-electron chi connectivity index (χ0n) is 12.0. The Kier molecular flexibility index (Phi) is 5.37. The van der Waals surface area contributed by atoms with E-state index >= 15 is 0 Å². The highest BCUT2D eigenvalue weighted by Crippen LogP contribution is 2.21. The van der Waals surface area contributed by atoms with Crippen molar-refractivity contribution >= 4 is 31.7 Å². The van der Waals surface area contributed by atoms with E-state index in [9.17, 15) is 13.2 Å². The van der Waals surface area contributed by atoms with Crippen LogP contribution < -0.4 is 0 Å². The number of halogens is 1. The minimum Gasteiger partial charge on any atom is -0.335 e. The molecule has 0 aliphatic carbocycles.